The molecular weight excluding hydrogens is 348 g/mol. The van der Waals surface area contributed by atoms with Crippen molar-refractivity contribution >= 4 is 27.7 Å². The second kappa shape index (κ2) is 4.94. The van der Waals surface area contributed by atoms with Gasteiger partial charge in [-0.1, -0.05) is 15.9 Å². The van der Waals surface area contributed by atoms with Crippen LogP contribution in [0.4, 0.5) is 4.79 Å². The van der Waals surface area contributed by atoms with Crippen LogP contribution in [0.1, 0.15) is 33.5 Å². The molecule has 0 aromatic carbocycles. The van der Waals surface area contributed by atoms with Gasteiger partial charge in [0.25, 0.3) is 0 Å². The predicted molar refractivity (Wildman–Crippen MR) is 85.8 cm³/mol. The van der Waals surface area contributed by atoms with Gasteiger partial charge in [0.05, 0.1) is 5.41 Å². The molecule has 0 unspecified atom stereocenters. The van der Waals surface area contributed by atoms with E-state index in [9.17, 15) is 4.79 Å². The van der Waals surface area contributed by atoms with Crippen LogP contribution < -0.4 is 0 Å². The summed E-state index contributed by atoms with van der Waals surface area (Å²) in [5.41, 5.74) is 0.113. The molecule has 0 N–H and O–H groups in total. The van der Waals surface area contributed by atoms with Gasteiger partial charge in [-0.2, -0.15) is 0 Å². The summed E-state index contributed by atoms with van der Waals surface area (Å²) in [4.78, 5) is 13.8. The van der Waals surface area contributed by atoms with E-state index in [1.807, 2.05) is 43.5 Å². The van der Waals surface area contributed by atoms with E-state index >= 15 is 0 Å². The Kier molecular flexibility index (Phi) is 3.43. The van der Waals surface area contributed by atoms with E-state index in [4.69, 9.17) is 4.74 Å². The maximum atomic E-state index is 12.1. The van der Waals surface area contributed by atoms with Gasteiger partial charge < -0.3 is 9.64 Å². The molecule has 22 heavy (non-hydrogen) atoms. The van der Waals surface area contributed by atoms with E-state index < -0.39 is 5.60 Å². The molecular formula is C15H19BrN4O2. The van der Waals surface area contributed by atoms with Crippen LogP contribution in [-0.4, -0.2) is 44.3 Å². The van der Waals surface area contributed by atoms with Crippen LogP contribution in [0, 0.1) is 0 Å². The summed E-state index contributed by atoms with van der Waals surface area (Å²) in [6.45, 7) is 8.86. The molecule has 2 aromatic heterocycles. The third kappa shape index (κ3) is 2.69. The van der Waals surface area contributed by atoms with E-state index in [0.717, 1.165) is 15.9 Å². The maximum Gasteiger partial charge on any atom is 0.410 e. The van der Waals surface area contributed by atoms with Gasteiger partial charge >= 0.3 is 6.09 Å². The van der Waals surface area contributed by atoms with Gasteiger partial charge in [0.1, 0.15) is 11.4 Å². The van der Waals surface area contributed by atoms with Gasteiger partial charge in [0, 0.05) is 23.8 Å². The largest absolute Gasteiger partial charge is 0.444 e. The van der Waals surface area contributed by atoms with Gasteiger partial charge in [0.15, 0.2) is 5.65 Å². The molecule has 0 bridgehead atoms. The quantitative estimate of drug-likeness (QED) is 0.778. The second-order valence-corrected chi connectivity index (χ2v) is 7.91. The predicted octanol–water partition coefficient (Wildman–Crippen LogP) is 3.00. The second-order valence-electron chi connectivity index (χ2n) is 6.99. The molecule has 0 aliphatic carbocycles. The summed E-state index contributed by atoms with van der Waals surface area (Å²) in [5, 5.41) is 8.52. The molecule has 1 fully saturated rings. The van der Waals surface area contributed by atoms with Gasteiger partial charge in [0.2, 0.25) is 0 Å². The average molecular weight is 367 g/mol. The molecule has 0 saturated carbocycles. The van der Waals surface area contributed by atoms with Crippen molar-refractivity contribution in [3.63, 3.8) is 0 Å². The van der Waals surface area contributed by atoms with Gasteiger partial charge in [-0.3, -0.25) is 4.40 Å². The first-order valence-electron chi connectivity index (χ1n) is 7.17. The van der Waals surface area contributed by atoms with Crippen molar-refractivity contribution in [3.05, 3.63) is 28.6 Å². The number of carbonyl (C=O) groups excluding carboxylic acids is 1. The first-order valence-corrected chi connectivity index (χ1v) is 7.96. The van der Waals surface area contributed by atoms with Crippen LogP contribution in [0.25, 0.3) is 5.65 Å². The maximum absolute atomic E-state index is 12.1. The number of pyridine rings is 1. The lowest BCUT2D eigenvalue weighted by Gasteiger charge is -2.46. The van der Waals surface area contributed by atoms with E-state index in [2.05, 4.69) is 33.1 Å². The number of rotatable bonds is 1. The molecule has 1 aliphatic heterocycles. The number of hydrogen-bond acceptors (Lipinski definition) is 4. The molecule has 118 valence electrons. The third-order valence-electron chi connectivity index (χ3n) is 3.64. The van der Waals surface area contributed by atoms with Crippen LogP contribution in [-0.2, 0) is 10.2 Å². The fourth-order valence-corrected chi connectivity index (χ4v) is 2.99. The van der Waals surface area contributed by atoms with E-state index in [0.29, 0.717) is 13.1 Å². The number of aromatic nitrogens is 3. The summed E-state index contributed by atoms with van der Waals surface area (Å²) in [6, 6.07) is 3.87. The number of amides is 1. The van der Waals surface area contributed by atoms with Crippen molar-refractivity contribution in [3.8, 4) is 0 Å². The number of ether oxygens (including phenoxy) is 1. The summed E-state index contributed by atoms with van der Waals surface area (Å²) < 4.78 is 8.33. The molecule has 0 radical (unpaired) electrons. The molecule has 1 amide bonds. The standard InChI is InChI=1S/C15H19BrN4O2/c1-14(2,3)22-13(21)19-8-15(4,9-19)12-18-17-11-7-10(16)5-6-20(11)12/h5-7H,8-9H2,1-4H3. The number of halogens is 1. The monoisotopic (exact) mass is 366 g/mol. The lowest BCUT2D eigenvalue weighted by molar-refractivity contribution is -0.00819. The zero-order valence-corrected chi connectivity index (χ0v) is 14.7. The SMILES string of the molecule is CC(C)(C)OC(=O)N1CC(C)(c2nnc3cc(Br)ccn23)C1. The van der Waals surface area contributed by atoms with Crippen molar-refractivity contribution in [1.82, 2.24) is 19.5 Å². The summed E-state index contributed by atoms with van der Waals surface area (Å²) in [6.07, 6.45) is 1.66. The highest BCUT2D eigenvalue weighted by Crippen LogP contribution is 2.34. The minimum absolute atomic E-state index is 0.204. The zero-order chi connectivity index (χ0) is 16.1. The Labute approximate surface area is 137 Å². The highest BCUT2D eigenvalue weighted by molar-refractivity contribution is 9.10. The molecule has 3 rings (SSSR count). The summed E-state index contributed by atoms with van der Waals surface area (Å²) in [7, 11) is 0. The normalized spacial score (nSPS) is 17.4. The number of carbonyl (C=O) groups is 1. The Morgan fingerprint density at radius 3 is 2.68 bits per heavy atom. The number of fused-ring (bicyclic) bond motifs is 1. The van der Waals surface area contributed by atoms with Crippen LogP contribution in [0.3, 0.4) is 0 Å². The van der Waals surface area contributed by atoms with Crippen LogP contribution in [0.15, 0.2) is 22.8 Å². The number of nitrogens with zero attached hydrogens (tertiary/aromatic N) is 4. The van der Waals surface area contributed by atoms with E-state index in [-0.39, 0.29) is 11.5 Å². The third-order valence-corrected chi connectivity index (χ3v) is 4.14. The van der Waals surface area contributed by atoms with Crippen molar-refractivity contribution in [2.24, 2.45) is 0 Å². The lowest BCUT2D eigenvalue weighted by atomic mass is 9.81. The molecule has 0 spiro atoms. The van der Waals surface area contributed by atoms with Crippen LogP contribution in [0.5, 0.6) is 0 Å². The summed E-state index contributed by atoms with van der Waals surface area (Å²) >= 11 is 3.43. The van der Waals surface area contributed by atoms with Crippen molar-refractivity contribution in [1.29, 1.82) is 0 Å². The molecule has 3 heterocycles. The highest BCUT2D eigenvalue weighted by atomic mass is 79.9. The van der Waals surface area contributed by atoms with Crippen molar-refractivity contribution < 1.29 is 9.53 Å². The van der Waals surface area contributed by atoms with Gasteiger partial charge in [-0.15, -0.1) is 10.2 Å². The fraction of sp³-hybridized carbons (Fsp3) is 0.533. The molecule has 7 heteroatoms. The number of hydrogen-bond donors (Lipinski definition) is 0. The topological polar surface area (TPSA) is 59.7 Å². The number of likely N-dealkylation sites (tertiary alicyclic amines) is 1. The minimum Gasteiger partial charge on any atom is -0.444 e. The Balaban J connectivity index is 1.78. The lowest BCUT2D eigenvalue weighted by Crippen LogP contribution is -2.61. The first kappa shape index (κ1) is 15.3. The molecule has 1 aliphatic rings. The Hall–Kier alpha value is -1.63. The van der Waals surface area contributed by atoms with Gasteiger partial charge in [-0.25, -0.2) is 4.79 Å². The Morgan fingerprint density at radius 2 is 2.05 bits per heavy atom. The zero-order valence-electron chi connectivity index (χ0n) is 13.1. The van der Waals surface area contributed by atoms with E-state index in [1.165, 1.54) is 0 Å². The smallest absolute Gasteiger partial charge is 0.410 e. The average Bonchev–Trinajstić information content (AvgIpc) is 2.75. The highest BCUT2D eigenvalue weighted by Gasteiger charge is 2.47. The van der Waals surface area contributed by atoms with Crippen molar-refractivity contribution in [2.45, 2.75) is 38.7 Å². The van der Waals surface area contributed by atoms with Crippen LogP contribution in [0.2, 0.25) is 0 Å². The summed E-state index contributed by atoms with van der Waals surface area (Å²) in [5.74, 6) is 0.870. The van der Waals surface area contributed by atoms with Gasteiger partial charge in [-0.05, 0) is 39.8 Å². The molecule has 6 nitrogen and oxygen atoms in total. The minimum atomic E-state index is -0.475. The van der Waals surface area contributed by atoms with Crippen molar-refractivity contribution in [2.75, 3.05) is 13.1 Å². The fourth-order valence-electron chi connectivity index (χ4n) is 2.67. The first-order chi connectivity index (χ1) is 10.2. The molecule has 0 atom stereocenters. The molecule has 2 aromatic rings. The van der Waals surface area contributed by atoms with Crippen LogP contribution >= 0.6 is 15.9 Å². The molecule has 1 saturated heterocycles. The Bertz CT molecular complexity index is 729. The Morgan fingerprint density at radius 1 is 1.36 bits per heavy atom. The van der Waals surface area contributed by atoms with E-state index in [1.54, 1.807) is 4.90 Å².